The molecule has 10 heteroatoms. The highest BCUT2D eigenvalue weighted by Crippen LogP contribution is 2.57. The van der Waals surface area contributed by atoms with E-state index in [1.807, 2.05) is 0 Å². The number of halogens is 9. The summed E-state index contributed by atoms with van der Waals surface area (Å²) in [5, 5.41) is 0. The molecule has 1 aliphatic carbocycles. The van der Waals surface area contributed by atoms with E-state index in [4.69, 9.17) is 4.74 Å². The molecule has 1 aromatic rings. The average molecular weight is 464 g/mol. The van der Waals surface area contributed by atoms with Gasteiger partial charge in [0, 0.05) is 5.92 Å². The summed E-state index contributed by atoms with van der Waals surface area (Å²) < 4.78 is 124. The Kier molecular flexibility index (Phi) is 7.85. The quantitative estimate of drug-likeness (QED) is 0.266. The number of benzene rings is 1. The van der Waals surface area contributed by atoms with Crippen LogP contribution >= 0.6 is 0 Å². The van der Waals surface area contributed by atoms with Crippen molar-refractivity contribution in [1.29, 1.82) is 0 Å². The third-order valence-corrected chi connectivity index (χ3v) is 5.78. The zero-order valence-electron chi connectivity index (χ0n) is 16.9. The molecule has 2 rings (SSSR count). The van der Waals surface area contributed by atoms with E-state index in [0.29, 0.717) is 12.4 Å². The molecule has 178 valence electrons. The van der Waals surface area contributed by atoms with Crippen LogP contribution in [0.1, 0.15) is 63.4 Å². The van der Waals surface area contributed by atoms with Crippen LogP contribution in [0.4, 0.5) is 39.5 Å². The smallest absolute Gasteiger partial charge is 0.460 e. The maximum Gasteiger partial charge on any atom is 0.460 e. The third-order valence-electron chi connectivity index (χ3n) is 5.78. The summed E-state index contributed by atoms with van der Waals surface area (Å²) in [4.78, 5) is 0. The lowest BCUT2D eigenvalue weighted by Crippen LogP contribution is -2.63. The second-order valence-corrected chi connectivity index (χ2v) is 7.94. The molecule has 0 unspecified atom stereocenters. The van der Waals surface area contributed by atoms with Crippen molar-refractivity contribution < 1.29 is 44.3 Å². The van der Waals surface area contributed by atoms with Gasteiger partial charge in [0.15, 0.2) is 0 Å². The number of unbranched alkanes of at least 4 members (excludes halogenated alkanes) is 2. The van der Waals surface area contributed by atoms with Crippen LogP contribution in [0.5, 0.6) is 5.75 Å². The molecule has 0 heterocycles. The summed E-state index contributed by atoms with van der Waals surface area (Å²) in [7, 11) is 0. The molecule has 31 heavy (non-hydrogen) atoms. The Morgan fingerprint density at radius 3 is 1.81 bits per heavy atom. The van der Waals surface area contributed by atoms with Gasteiger partial charge in [-0.3, -0.25) is 0 Å². The lowest BCUT2D eigenvalue weighted by atomic mass is 9.74. The molecule has 1 aliphatic rings. The summed E-state index contributed by atoms with van der Waals surface area (Å²) in [5.74, 6) is -20.8. The molecule has 0 spiro atoms. The van der Waals surface area contributed by atoms with E-state index in [1.54, 1.807) is 24.3 Å². The van der Waals surface area contributed by atoms with Crippen LogP contribution in [0.25, 0.3) is 0 Å². The highest BCUT2D eigenvalue weighted by Gasteiger charge is 2.82. The fourth-order valence-electron chi connectivity index (χ4n) is 3.81. The predicted octanol–water partition coefficient (Wildman–Crippen LogP) is 8.00. The Labute approximate surface area is 175 Å². The van der Waals surface area contributed by atoms with Crippen LogP contribution in [0.2, 0.25) is 0 Å². The van der Waals surface area contributed by atoms with Gasteiger partial charge in [-0.05, 0) is 55.7 Å². The van der Waals surface area contributed by atoms with Gasteiger partial charge in [0.1, 0.15) is 5.75 Å². The van der Waals surface area contributed by atoms with Crippen LogP contribution in [0.15, 0.2) is 24.3 Å². The van der Waals surface area contributed by atoms with Crippen molar-refractivity contribution in [2.45, 2.75) is 81.7 Å². The molecular weight excluding hydrogens is 439 g/mol. The Bertz CT molecular complexity index is 690. The lowest BCUT2D eigenvalue weighted by molar-refractivity contribution is -0.404. The molecule has 0 N–H and O–H groups in total. The van der Waals surface area contributed by atoms with Gasteiger partial charge in [0.05, 0.1) is 6.61 Å². The molecular formula is C21H25F9O. The van der Waals surface area contributed by atoms with E-state index in [1.165, 1.54) is 0 Å². The van der Waals surface area contributed by atoms with Gasteiger partial charge in [-0.2, -0.15) is 39.5 Å². The van der Waals surface area contributed by atoms with Crippen molar-refractivity contribution >= 4 is 0 Å². The van der Waals surface area contributed by atoms with Gasteiger partial charge in [-0.1, -0.05) is 31.9 Å². The Hall–Kier alpha value is -1.61. The van der Waals surface area contributed by atoms with E-state index in [0.717, 1.165) is 24.8 Å². The van der Waals surface area contributed by atoms with E-state index in [9.17, 15) is 39.5 Å². The molecule has 0 radical (unpaired) electrons. The minimum atomic E-state index is -6.83. The number of ether oxygens (including phenoxy) is 1. The second kappa shape index (κ2) is 9.48. The number of hydrogen-bond donors (Lipinski definition) is 0. The van der Waals surface area contributed by atoms with Gasteiger partial charge < -0.3 is 4.74 Å². The fraction of sp³-hybridized carbons (Fsp3) is 0.714. The maximum absolute atomic E-state index is 14.1. The SMILES string of the molecule is CCCCCOc1ccc([C@H]2CC[C@H](C(F)(F)C(F)(F)C(F)(F)C(F)(F)F)CC2)cc1. The van der Waals surface area contributed by atoms with Crippen LogP contribution in [-0.4, -0.2) is 30.6 Å². The maximum atomic E-state index is 14.1. The van der Waals surface area contributed by atoms with Gasteiger partial charge in [0.2, 0.25) is 0 Å². The summed E-state index contributed by atoms with van der Waals surface area (Å²) in [5.41, 5.74) is 0.745. The van der Waals surface area contributed by atoms with Crippen LogP contribution in [0.3, 0.4) is 0 Å². The van der Waals surface area contributed by atoms with Gasteiger partial charge in [-0.25, -0.2) is 0 Å². The summed E-state index contributed by atoms with van der Waals surface area (Å²) >= 11 is 0. The molecule has 0 aliphatic heterocycles. The monoisotopic (exact) mass is 464 g/mol. The third kappa shape index (κ3) is 5.25. The fourth-order valence-corrected chi connectivity index (χ4v) is 3.81. The predicted molar refractivity (Wildman–Crippen MR) is 97.1 cm³/mol. The Morgan fingerprint density at radius 1 is 0.774 bits per heavy atom. The molecule has 1 saturated carbocycles. The molecule has 1 aromatic carbocycles. The van der Waals surface area contributed by atoms with Crippen molar-refractivity contribution in [3.8, 4) is 5.75 Å². The number of alkyl halides is 9. The molecule has 0 bridgehead atoms. The average Bonchev–Trinajstić information content (AvgIpc) is 2.70. The van der Waals surface area contributed by atoms with E-state index in [2.05, 4.69) is 6.92 Å². The highest BCUT2D eigenvalue weighted by molar-refractivity contribution is 5.29. The minimum Gasteiger partial charge on any atom is -0.494 e. The highest BCUT2D eigenvalue weighted by atomic mass is 19.4. The zero-order valence-corrected chi connectivity index (χ0v) is 16.9. The van der Waals surface area contributed by atoms with Gasteiger partial charge in [-0.15, -0.1) is 0 Å². The van der Waals surface area contributed by atoms with E-state index >= 15 is 0 Å². The van der Waals surface area contributed by atoms with Crippen LogP contribution in [0, 0.1) is 5.92 Å². The normalized spacial score (nSPS) is 21.2. The first-order chi connectivity index (χ1) is 14.3. The topological polar surface area (TPSA) is 9.23 Å². The van der Waals surface area contributed by atoms with Crippen molar-refractivity contribution in [1.82, 2.24) is 0 Å². The molecule has 1 nitrogen and oxygen atoms in total. The first kappa shape index (κ1) is 25.6. The van der Waals surface area contributed by atoms with Crippen LogP contribution in [-0.2, 0) is 0 Å². The number of rotatable bonds is 9. The van der Waals surface area contributed by atoms with Gasteiger partial charge >= 0.3 is 23.9 Å². The summed E-state index contributed by atoms with van der Waals surface area (Å²) in [6.07, 6.45) is -5.03. The van der Waals surface area contributed by atoms with Crippen molar-refractivity contribution in [3.05, 3.63) is 29.8 Å². The Balaban J connectivity index is 2.00. The Morgan fingerprint density at radius 2 is 1.32 bits per heavy atom. The first-order valence-electron chi connectivity index (χ1n) is 10.2. The first-order valence-corrected chi connectivity index (χ1v) is 10.2. The molecule has 0 aromatic heterocycles. The second-order valence-electron chi connectivity index (χ2n) is 7.94. The molecule has 0 saturated heterocycles. The van der Waals surface area contributed by atoms with Crippen molar-refractivity contribution in [3.63, 3.8) is 0 Å². The van der Waals surface area contributed by atoms with Crippen molar-refractivity contribution in [2.24, 2.45) is 5.92 Å². The molecule has 0 amide bonds. The lowest BCUT2D eigenvalue weighted by Gasteiger charge is -2.40. The van der Waals surface area contributed by atoms with Gasteiger partial charge in [0.25, 0.3) is 0 Å². The van der Waals surface area contributed by atoms with Crippen LogP contribution < -0.4 is 4.74 Å². The van der Waals surface area contributed by atoms with E-state index < -0.39 is 42.7 Å². The summed E-state index contributed by atoms with van der Waals surface area (Å²) in [6, 6.07) is 6.81. The largest absolute Gasteiger partial charge is 0.494 e. The van der Waals surface area contributed by atoms with Crippen molar-refractivity contribution in [2.75, 3.05) is 6.61 Å². The van der Waals surface area contributed by atoms with E-state index in [-0.39, 0.29) is 18.8 Å². The zero-order chi connectivity index (χ0) is 23.5. The number of hydrogen-bond acceptors (Lipinski definition) is 1. The standard InChI is InChI=1S/C21H25F9O/c1-2-3-4-13-31-17-11-7-15(8-12-17)14-5-9-16(10-6-14)18(22,23)19(24,25)20(26,27)21(28,29)30/h7-8,11-12,14,16H,2-6,9-10,13H2,1H3/t14-,16-. The molecule has 0 atom stereocenters. The minimum absolute atomic E-state index is 0.0232. The summed E-state index contributed by atoms with van der Waals surface area (Å²) in [6.45, 7) is 2.60. The molecule has 1 fully saturated rings.